The van der Waals surface area contributed by atoms with E-state index in [-0.39, 0.29) is 11.7 Å². The first-order valence-corrected chi connectivity index (χ1v) is 8.53. The SMILES string of the molecule is COc1ccc(C(=O)NCc2ccc(Oc3ccc(F)cc3)cc2)cc1C=O. The number of halogens is 1. The molecule has 0 bridgehead atoms. The van der Waals surface area contributed by atoms with Crippen molar-refractivity contribution in [2.24, 2.45) is 0 Å². The Labute approximate surface area is 161 Å². The minimum atomic E-state index is -0.324. The smallest absolute Gasteiger partial charge is 0.251 e. The highest BCUT2D eigenvalue weighted by molar-refractivity contribution is 5.96. The standard InChI is InChI=1S/C22H18FNO4/c1-27-21-11-4-16(12-17(21)14-25)22(26)24-13-15-2-7-19(8-3-15)28-20-9-5-18(23)6-10-20/h2-12,14H,13H2,1H3,(H,24,26). The van der Waals surface area contributed by atoms with E-state index >= 15 is 0 Å². The highest BCUT2D eigenvalue weighted by Crippen LogP contribution is 2.22. The van der Waals surface area contributed by atoms with Crippen molar-refractivity contribution in [3.63, 3.8) is 0 Å². The summed E-state index contributed by atoms with van der Waals surface area (Å²) >= 11 is 0. The van der Waals surface area contributed by atoms with Crippen molar-refractivity contribution in [2.45, 2.75) is 6.54 Å². The van der Waals surface area contributed by atoms with Gasteiger partial charge < -0.3 is 14.8 Å². The maximum absolute atomic E-state index is 12.9. The first kappa shape index (κ1) is 19.1. The molecule has 1 N–H and O–H groups in total. The van der Waals surface area contributed by atoms with E-state index in [2.05, 4.69) is 5.32 Å². The number of ether oxygens (including phenoxy) is 2. The summed E-state index contributed by atoms with van der Waals surface area (Å²) in [5, 5.41) is 2.80. The fraction of sp³-hybridized carbons (Fsp3) is 0.0909. The quantitative estimate of drug-likeness (QED) is 0.619. The van der Waals surface area contributed by atoms with E-state index in [0.29, 0.717) is 41.2 Å². The van der Waals surface area contributed by atoms with Crippen LogP contribution in [-0.2, 0) is 6.54 Å². The number of carbonyl (C=O) groups is 2. The van der Waals surface area contributed by atoms with Crippen LogP contribution in [0.1, 0.15) is 26.3 Å². The highest BCUT2D eigenvalue weighted by Gasteiger charge is 2.10. The molecule has 0 fully saturated rings. The Morgan fingerprint density at radius 1 is 1.00 bits per heavy atom. The Morgan fingerprint density at radius 3 is 2.25 bits per heavy atom. The van der Waals surface area contributed by atoms with E-state index in [1.54, 1.807) is 36.4 Å². The van der Waals surface area contributed by atoms with E-state index in [1.807, 2.05) is 12.1 Å². The van der Waals surface area contributed by atoms with Gasteiger partial charge in [0.25, 0.3) is 5.91 Å². The number of benzene rings is 3. The molecule has 28 heavy (non-hydrogen) atoms. The van der Waals surface area contributed by atoms with Crippen LogP contribution in [0, 0.1) is 5.82 Å². The van der Waals surface area contributed by atoms with Crippen LogP contribution in [0.5, 0.6) is 17.2 Å². The molecule has 3 aromatic carbocycles. The number of carbonyl (C=O) groups excluding carboxylic acids is 2. The van der Waals surface area contributed by atoms with Crippen molar-refractivity contribution in [1.29, 1.82) is 0 Å². The first-order valence-electron chi connectivity index (χ1n) is 8.53. The third kappa shape index (κ3) is 4.73. The number of nitrogens with one attached hydrogen (secondary N) is 1. The van der Waals surface area contributed by atoms with E-state index < -0.39 is 0 Å². The second-order valence-corrected chi connectivity index (χ2v) is 5.96. The number of aldehydes is 1. The second-order valence-electron chi connectivity index (χ2n) is 5.96. The summed E-state index contributed by atoms with van der Waals surface area (Å²) in [5.41, 5.74) is 1.57. The van der Waals surface area contributed by atoms with Crippen LogP contribution in [0.25, 0.3) is 0 Å². The van der Waals surface area contributed by atoms with Crippen molar-refractivity contribution >= 4 is 12.2 Å². The lowest BCUT2D eigenvalue weighted by atomic mass is 10.1. The van der Waals surface area contributed by atoms with Crippen LogP contribution in [-0.4, -0.2) is 19.3 Å². The molecule has 5 nitrogen and oxygen atoms in total. The van der Waals surface area contributed by atoms with Crippen LogP contribution in [0.15, 0.2) is 66.7 Å². The largest absolute Gasteiger partial charge is 0.496 e. The second kappa shape index (κ2) is 8.81. The average Bonchev–Trinajstić information content (AvgIpc) is 2.74. The number of hydrogen-bond donors (Lipinski definition) is 1. The molecule has 142 valence electrons. The molecule has 0 unspecified atom stereocenters. The van der Waals surface area contributed by atoms with Crippen LogP contribution in [0.4, 0.5) is 4.39 Å². The Balaban J connectivity index is 1.59. The van der Waals surface area contributed by atoms with Crippen molar-refractivity contribution in [3.05, 3.63) is 89.2 Å². The molecule has 0 aliphatic rings. The molecule has 0 aromatic heterocycles. The Hall–Kier alpha value is -3.67. The molecule has 6 heteroatoms. The normalized spacial score (nSPS) is 10.2. The monoisotopic (exact) mass is 379 g/mol. The van der Waals surface area contributed by atoms with Gasteiger partial charge in [0, 0.05) is 12.1 Å². The summed E-state index contributed by atoms with van der Waals surface area (Å²) in [7, 11) is 1.46. The van der Waals surface area contributed by atoms with Crippen LogP contribution >= 0.6 is 0 Å². The maximum atomic E-state index is 12.9. The molecular formula is C22H18FNO4. The van der Waals surface area contributed by atoms with E-state index in [9.17, 15) is 14.0 Å². The van der Waals surface area contributed by atoms with Gasteiger partial charge in [-0.1, -0.05) is 12.1 Å². The third-order valence-corrected chi connectivity index (χ3v) is 4.04. The number of methoxy groups -OCH3 is 1. The van der Waals surface area contributed by atoms with Gasteiger partial charge in [-0.15, -0.1) is 0 Å². The summed E-state index contributed by atoms with van der Waals surface area (Å²) in [6.07, 6.45) is 0.648. The lowest BCUT2D eigenvalue weighted by Gasteiger charge is -2.09. The van der Waals surface area contributed by atoms with E-state index in [1.165, 1.54) is 25.3 Å². The van der Waals surface area contributed by atoms with Gasteiger partial charge in [-0.25, -0.2) is 4.39 Å². The van der Waals surface area contributed by atoms with E-state index in [4.69, 9.17) is 9.47 Å². The molecule has 0 aliphatic heterocycles. The molecule has 3 rings (SSSR count). The summed E-state index contributed by atoms with van der Waals surface area (Å²) < 4.78 is 23.6. The minimum Gasteiger partial charge on any atom is -0.496 e. The highest BCUT2D eigenvalue weighted by atomic mass is 19.1. The number of amides is 1. The molecule has 0 atom stereocenters. The zero-order chi connectivity index (χ0) is 19.9. The minimum absolute atomic E-state index is 0.294. The molecule has 0 spiro atoms. The average molecular weight is 379 g/mol. The molecule has 0 aliphatic carbocycles. The number of hydrogen-bond acceptors (Lipinski definition) is 4. The Kier molecular flexibility index (Phi) is 6.01. The zero-order valence-electron chi connectivity index (χ0n) is 15.1. The Bertz CT molecular complexity index is 969. The van der Waals surface area contributed by atoms with Gasteiger partial charge in [0.1, 0.15) is 23.1 Å². The molecule has 0 radical (unpaired) electrons. The molecule has 0 saturated heterocycles. The lowest BCUT2D eigenvalue weighted by Crippen LogP contribution is -2.22. The van der Waals surface area contributed by atoms with Gasteiger partial charge in [0.05, 0.1) is 12.7 Å². The molecule has 0 saturated carbocycles. The predicted octanol–water partition coefficient (Wildman–Crippen LogP) is 4.37. The fourth-order valence-corrected chi connectivity index (χ4v) is 2.57. The topological polar surface area (TPSA) is 64.6 Å². The molecule has 3 aromatic rings. The van der Waals surface area contributed by atoms with Gasteiger partial charge >= 0.3 is 0 Å². The molecular weight excluding hydrogens is 361 g/mol. The van der Waals surface area contributed by atoms with Crippen molar-refractivity contribution in [1.82, 2.24) is 5.32 Å². The third-order valence-electron chi connectivity index (χ3n) is 4.04. The van der Waals surface area contributed by atoms with Crippen molar-refractivity contribution < 1.29 is 23.5 Å². The summed E-state index contributed by atoms with van der Waals surface area (Å²) in [4.78, 5) is 23.4. The maximum Gasteiger partial charge on any atom is 0.251 e. The van der Waals surface area contributed by atoms with Gasteiger partial charge in [-0.05, 0) is 60.2 Å². The van der Waals surface area contributed by atoms with Crippen molar-refractivity contribution in [3.8, 4) is 17.2 Å². The fourth-order valence-electron chi connectivity index (χ4n) is 2.57. The van der Waals surface area contributed by atoms with Crippen LogP contribution in [0.2, 0.25) is 0 Å². The van der Waals surface area contributed by atoms with E-state index in [0.717, 1.165) is 5.56 Å². The predicted molar refractivity (Wildman–Crippen MR) is 102 cm³/mol. The van der Waals surface area contributed by atoms with Gasteiger partial charge in [0.2, 0.25) is 0 Å². The summed E-state index contributed by atoms with van der Waals surface area (Å²) in [6, 6.07) is 17.6. The molecule has 0 heterocycles. The van der Waals surface area contributed by atoms with Crippen LogP contribution < -0.4 is 14.8 Å². The van der Waals surface area contributed by atoms with Crippen molar-refractivity contribution in [2.75, 3.05) is 7.11 Å². The first-order chi connectivity index (χ1) is 13.6. The Morgan fingerprint density at radius 2 is 1.64 bits per heavy atom. The van der Waals surface area contributed by atoms with Gasteiger partial charge in [-0.2, -0.15) is 0 Å². The zero-order valence-corrected chi connectivity index (χ0v) is 15.1. The van der Waals surface area contributed by atoms with Crippen LogP contribution in [0.3, 0.4) is 0 Å². The summed E-state index contributed by atoms with van der Waals surface area (Å²) in [5.74, 6) is 0.941. The number of rotatable bonds is 7. The molecule has 1 amide bonds. The summed E-state index contributed by atoms with van der Waals surface area (Å²) in [6.45, 7) is 0.318. The lowest BCUT2D eigenvalue weighted by molar-refractivity contribution is 0.0951. The van der Waals surface area contributed by atoms with Gasteiger partial charge in [0.15, 0.2) is 6.29 Å². The van der Waals surface area contributed by atoms with Gasteiger partial charge in [-0.3, -0.25) is 9.59 Å².